The summed E-state index contributed by atoms with van der Waals surface area (Å²) in [6.45, 7) is 1.09. The van der Waals surface area contributed by atoms with Gasteiger partial charge in [0, 0.05) is 20.1 Å². The summed E-state index contributed by atoms with van der Waals surface area (Å²) in [5.41, 5.74) is 0.668. The number of hydrogen-bond donors (Lipinski definition) is 0. The van der Waals surface area contributed by atoms with Crippen molar-refractivity contribution in [3.05, 3.63) is 29.8 Å². The molecular formula is C14H17F3N2O2. The van der Waals surface area contributed by atoms with E-state index in [1.807, 2.05) is 4.90 Å². The molecule has 1 aromatic rings. The summed E-state index contributed by atoms with van der Waals surface area (Å²) >= 11 is 0. The first kappa shape index (κ1) is 15.6. The Bertz CT molecular complexity index is 519. The fourth-order valence-electron chi connectivity index (χ4n) is 2.45. The number of ether oxygens (including phenoxy) is 1. The number of halogens is 3. The lowest BCUT2D eigenvalue weighted by atomic mass is 10.1. The predicted octanol–water partition coefficient (Wildman–Crippen LogP) is 2.25. The van der Waals surface area contributed by atoms with Gasteiger partial charge in [0.1, 0.15) is 5.75 Å². The van der Waals surface area contributed by atoms with E-state index in [1.54, 1.807) is 25.1 Å². The Labute approximate surface area is 121 Å². The van der Waals surface area contributed by atoms with Crippen LogP contribution < -0.4 is 4.74 Å². The van der Waals surface area contributed by atoms with Gasteiger partial charge in [-0.3, -0.25) is 9.69 Å². The number of likely N-dealkylation sites (tertiary alicyclic amines) is 1. The van der Waals surface area contributed by atoms with E-state index in [-0.39, 0.29) is 17.7 Å². The van der Waals surface area contributed by atoms with Gasteiger partial charge < -0.3 is 9.64 Å². The average Bonchev–Trinajstić information content (AvgIpc) is 2.68. The molecule has 1 aliphatic rings. The molecule has 1 aliphatic heterocycles. The molecule has 1 saturated heterocycles. The zero-order chi connectivity index (χ0) is 15.6. The number of carbonyl (C=O) groups is 1. The fourth-order valence-corrected chi connectivity index (χ4v) is 2.45. The molecule has 21 heavy (non-hydrogen) atoms. The number of rotatable bonds is 4. The third-order valence-electron chi connectivity index (χ3n) is 3.50. The molecule has 1 fully saturated rings. The van der Waals surface area contributed by atoms with Gasteiger partial charge in [0.15, 0.2) is 0 Å². The summed E-state index contributed by atoms with van der Waals surface area (Å²) < 4.78 is 40.5. The predicted molar refractivity (Wildman–Crippen MR) is 70.6 cm³/mol. The summed E-state index contributed by atoms with van der Waals surface area (Å²) in [6, 6.07) is 5.59. The smallest absolute Gasteiger partial charge is 0.406 e. The Morgan fingerprint density at radius 3 is 2.71 bits per heavy atom. The van der Waals surface area contributed by atoms with Crippen molar-refractivity contribution in [2.45, 2.75) is 25.4 Å². The first-order chi connectivity index (χ1) is 9.76. The van der Waals surface area contributed by atoms with Crippen LogP contribution in [0.3, 0.4) is 0 Å². The van der Waals surface area contributed by atoms with E-state index in [0.717, 1.165) is 6.42 Å². The molecule has 0 bridgehead atoms. The number of nitrogens with zero attached hydrogens (tertiary/aromatic N) is 2. The van der Waals surface area contributed by atoms with Crippen LogP contribution in [-0.4, -0.2) is 48.8 Å². The number of likely N-dealkylation sites (N-methyl/N-ethyl adjacent to an activating group) is 2. The monoisotopic (exact) mass is 302 g/mol. The number of hydrogen-bond acceptors (Lipinski definition) is 3. The van der Waals surface area contributed by atoms with Crippen LogP contribution in [0.2, 0.25) is 0 Å². The van der Waals surface area contributed by atoms with Gasteiger partial charge in [0.2, 0.25) is 5.91 Å². The molecular weight excluding hydrogens is 285 g/mol. The molecule has 1 heterocycles. The summed E-state index contributed by atoms with van der Waals surface area (Å²) in [5, 5.41) is 0. The molecule has 1 atom stereocenters. The Morgan fingerprint density at radius 1 is 1.43 bits per heavy atom. The molecule has 116 valence electrons. The lowest BCUT2D eigenvalue weighted by Crippen LogP contribution is -2.38. The lowest BCUT2D eigenvalue weighted by molar-refractivity contribution is -0.274. The normalized spacial score (nSPS) is 19.4. The number of benzene rings is 1. The van der Waals surface area contributed by atoms with E-state index >= 15 is 0 Å². The van der Waals surface area contributed by atoms with Gasteiger partial charge in [-0.25, -0.2) is 0 Å². The molecule has 0 spiro atoms. The third kappa shape index (κ3) is 4.10. The van der Waals surface area contributed by atoms with Crippen molar-refractivity contribution in [2.75, 3.05) is 20.6 Å². The number of alkyl halides is 3. The van der Waals surface area contributed by atoms with Crippen molar-refractivity contribution < 1.29 is 22.7 Å². The molecule has 0 radical (unpaired) electrons. The van der Waals surface area contributed by atoms with E-state index in [2.05, 4.69) is 4.74 Å². The SMILES string of the molecule is CN1CCC(N(C)Cc2cccc(OC(F)(F)F)c2)C1=O. The third-order valence-corrected chi connectivity index (χ3v) is 3.50. The van der Waals surface area contributed by atoms with Crippen LogP contribution in [0.4, 0.5) is 13.2 Å². The van der Waals surface area contributed by atoms with Gasteiger partial charge >= 0.3 is 6.36 Å². The summed E-state index contributed by atoms with van der Waals surface area (Å²) in [5.74, 6) is -0.205. The van der Waals surface area contributed by atoms with Crippen molar-refractivity contribution in [1.29, 1.82) is 0 Å². The lowest BCUT2D eigenvalue weighted by Gasteiger charge is -2.23. The summed E-state index contributed by atoms with van der Waals surface area (Å²) in [4.78, 5) is 15.4. The highest BCUT2D eigenvalue weighted by atomic mass is 19.4. The van der Waals surface area contributed by atoms with Crippen LogP contribution >= 0.6 is 0 Å². The Hall–Kier alpha value is -1.76. The first-order valence-corrected chi connectivity index (χ1v) is 6.56. The number of carbonyl (C=O) groups excluding carboxylic acids is 1. The zero-order valence-corrected chi connectivity index (χ0v) is 11.9. The summed E-state index contributed by atoms with van der Waals surface area (Å²) in [6.07, 6.45) is -3.97. The molecule has 0 N–H and O–H groups in total. The van der Waals surface area contributed by atoms with E-state index in [1.165, 1.54) is 18.2 Å². The molecule has 0 saturated carbocycles. The standard InChI is InChI=1S/C14H17F3N2O2/c1-18-7-6-12(13(18)20)19(2)9-10-4-3-5-11(8-10)21-14(15,16)17/h3-5,8,12H,6-7,9H2,1-2H3. The minimum atomic E-state index is -4.70. The second-order valence-electron chi connectivity index (χ2n) is 5.17. The van der Waals surface area contributed by atoms with Crippen LogP contribution in [0.25, 0.3) is 0 Å². The highest BCUT2D eigenvalue weighted by molar-refractivity contribution is 5.83. The van der Waals surface area contributed by atoms with Crippen molar-refractivity contribution in [3.8, 4) is 5.75 Å². The summed E-state index contributed by atoms with van der Waals surface area (Å²) in [7, 11) is 3.53. The fraction of sp³-hybridized carbons (Fsp3) is 0.500. The highest BCUT2D eigenvalue weighted by Crippen LogP contribution is 2.24. The molecule has 1 amide bonds. The molecule has 0 aliphatic carbocycles. The van der Waals surface area contributed by atoms with Gasteiger partial charge in [-0.15, -0.1) is 13.2 Å². The Balaban J connectivity index is 2.03. The largest absolute Gasteiger partial charge is 0.573 e. The van der Waals surface area contributed by atoms with Crippen molar-refractivity contribution in [3.63, 3.8) is 0 Å². The maximum Gasteiger partial charge on any atom is 0.573 e. The van der Waals surface area contributed by atoms with Crippen LogP contribution in [0.5, 0.6) is 5.75 Å². The van der Waals surface area contributed by atoms with Crippen LogP contribution in [-0.2, 0) is 11.3 Å². The Kier molecular flexibility index (Phi) is 4.41. The highest BCUT2D eigenvalue weighted by Gasteiger charge is 2.33. The number of amides is 1. The quantitative estimate of drug-likeness (QED) is 0.855. The topological polar surface area (TPSA) is 32.8 Å². The minimum absolute atomic E-state index is 0.0418. The van der Waals surface area contributed by atoms with Crippen molar-refractivity contribution in [2.24, 2.45) is 0 Å². The maximum atomic E-state index is 12.2. The molecule has 4 nitrogen and oxygen atoms in total. The van der Waals surface area contributed by atoms with E-state index in [0.29, 0.717) is 18.7 Å². The molecule has 7 heteroatoms. The van der Waals surface area contributed by atoms with Gasteiger partial charge in [-0.2, -0.15) is 0 Å². The van der Waals surface area contributed by atoms with Gasteiger partial charge in [-0.1, -0.05) is 12.1 Å². The molecule has 0 aromatic heterocycles. The van der Waals surface area contributed by atoms with Crippen LogP contribution in [0.15, 0.2) is 24.3 Å². The second kappa shape index (κ2) is 5.93. The molecule has 1 unspecified atom stereocenters. The van der Waals surface area contributed by atoms with Crippen LogP contribution in [0, 0.1) is 0 Å². The van der Waals surface area contributed by atoms with E-state index in [4.69, 9.17) is 0 Å². The van der Waals surface area contributed by atoms with Crippen molar-refractivity contribution >= 4 is 5.91 Å². The van der Waals surface area contributed by atoms with Crippen LogP contribution in [0.1, 0.15) is 12.0 Å². The maximum absolute atomic E-state index is 12.2. The van der Waals surface area contributed by atoms with Gasteiger partial charge in [0.25, 0.3) is 0 Å². The minimum Gasteiger partial charge on any atom is -0.406 e. The molecule has 1 aromatic carbocycles. The Morgan fingerprint density at radius 2 is 2.14 bits per heavy atom. The van der Waals surface area contributed by atoms with E-state index in [9.17, 15) is 18.0 Å². The zero-order valence-electron chi connectivity index (χ0n) is 11.9. The van der Waals surface area contributed by atoms with Crippen molar-refractivity contribution in [1.82, 2.24) is 9.80 Å². The van der Waals surface area contributed by atoms with E-state index < -0.39 is 6.36 Å². The first-order valence-electron chi connectivity index (χ1n) is 6.56. The van der Waals surface area contributed by atoms with Gasteiger partial charge in [-0.05, 0) is 31.2 Å². The second-order valence-corrected chi connectivity index (χ2v) is 5.17. The average molecular weight is 302 g/mol. The molecule has 2 rings (SSSR count). The van der Waals surface area contributed by atoms with Gasteiger partial charge in [0.05, 0.1) is 6.04 Å².